The van der Waals surface area contributed by atoms with Crippen LogP contribution in [-0.2, 0) is 12.8 Å². The van der Waals surface area contributed by atoms with Crippen molar-refractivity contribution in [2.75, 3.05) is 6.54 Å². The summed E-state index contributed by atoms with van der Waals surface area (Å²) in [5.74, 6) is 0.945. The molecule has 1 aromatic heterocycles. The molecule has 2 aromatic rings. The second-order valence-corrected chi connectivity index (χ2v) is 5.79. The number of hydrogen-bond donors (Lipinski definition) is 1. The van der Waals surface area contributed by atoms with Crippen LogP contribution < -0.4 is 5.32 Å². The molecule has 0 aliphatic heterocycles. The minimum Gasteiger partial charge on any atom is -0.310 e. The van der Waals surface area contributed by atoms with Gasteiger partial charge in [-0.2, -0.15) is 0 Å². The van der Waals surface area contributed by atoms with Gasteiger partial charge in [-0.3, -0.25) is 0 Å². The van der Waals surface area contributed by atoms with E-state index in [9.17, 15) is 0 Å². The highest BCUT2D eigenvalue weighted by Gasteiger charge is 2.21. The Morgan fingerprint density at radius 1 is 1.29 bits per heavy atom. The zero-order valence-corrected chi connectivity index (χ0v) is 12.9. The van der Waals surface area contributed by atoms with Crippen molar-refractivity contribution in [3.63, 3.8) is 0 Å². The monoisotopic (exact) mass is 281 g/mol. The maximum absolute atomic E-state index is 4.83. The molecule has 0 fully saturated rings. The van der Waals surface area contributed by atoms with Gasteiger partial charge in [0.05, 0.1) is 0 Å². The predicted molar refractivity (Wildman–Crippen MR) is 85.4 cm³/mol. The van der Waals surface area contributed by atoms with Crippen LogP contribution in [0.3, 0.4) is 0 Å². The number of hydrogen-bond acceptors (Lipinski definition) is 3. The maximum atomic E-state index is 4.83. The molecule has 3 rings (SSSR count). The van der Waals surface area contributed by atoms with Gasteiger partial charge in [0.1, 0.15) is 5.82 Å². The quantitative estimate of drug-likeness (QED) is 0.933. The van der Waals surface area contributed by atoms with Crippen LogP contribution in [0, 0.1) is 6.92 Å². The molecule has 0 bridgehead atoms. The second kappa shape index (κ2) is 6.35. The van der Waals surface area contributed by atoms with Crippen molar-refractivity contribution in [2.24, 2.45) is 0 Å². The van der Waals surface area contributed by atoms with E-state index in [1.807, 2.05) is 6.20 Å². The first kappa shape index (κ1) is 14.2. The molecule has 3 nitrogen and oxygen atoms in total. The molecule has 1 aliphatic carbocycles. The fourth-order valence-electron chi connectivity index (χ4n) is 3.11. The van der Waals surface area contributed by atoms with Crippen molar-refractivity contribution < 1.29 is 0 Å². The molecule has 1 aromatic carbocycles. The number of nitrogens with zero attached hydrogens (tertiary/aromatic N) is 2. The molecule has 110 valence electrons. The largest absolute Gasteiger partial charge is 0.310 e. The molecule has 3 heteroatoms. The molecule has 0 radical (unpaired) electrons. The number of nitrogens with one attached hydrogen (secondary N) is 1. The van der Waals surface area contributed by atoms with Crippen molar-refractivity contribution >= 4 is 0 Å². The van der Waals surface area contributed by atoms with Crippen molar-refractivity contribution in [2.45, 2.75) is 45.6 Å². The lowest BCUT2D eigenvalue weighted by molar-refractivity contribution is 0.463. The van der Waals surface area contributed by atoms with Crippen molar-refractivity contribution in [1.29, 1.82) is 0 Å². The molecule has 1 N–H and O–H groups in total. The van der Waals surface area contributed by atoms with E-state index in [1.165, 1.54) is 35.2 Å². The van der Waals surface area contributed by atoms with E-state index >= 15 is 0 Å². The van der Waals surface area contributed by atoms with E-state index < -0.39 is 0 Å². The average Bonchev–Trinajstić information content (AvgIpc) is 2.50. The fourth-order valence-corrected chi connectivity index (χ4v) is 3.11. The van der Waals surface area contributed by atoms with Crippen LogP contribution in [0.2, 0.25) is 0 Å². The molecule has 0 amide bonds. The third-order valence-corrected chi connectivity index (χ3v) is 4.29. The lowest BCUT2D eigenvalue weighted by Crippen LogP contribution is -2.26. The van der Waals surface area contributed by atoms with E-state index in [-0.39, 0.29) is 0 Å². The summed E-state index contributed by atoms with van der Waals surface area (Å²) < 4.78 is 0. The van der Waals surface area contributed by atoms with Gasteiger partial charge in [-0.15, -0.1) is 0 Å². The van der Waals surface area contributed by atoms with Crippen LogP contribution in [0.4, 0.5) is 0 Å². The first-order valence-electron chi connectivity index (χ1n) is 7.90. The molecule has 0 saturated heterocycles. The van der Waals surface area contributed by atoms with Crippen LogP contribution in [0.15, 0.2) is 30.5 Å². The van der Waals surface area contributed by atoms with E-state index in [4.69, 9.17) is 4.98 Å². The number of aryl methyl sites for hydroxylation is 2. The number of benzene rings is 1. The maximum Gasteiger partial charge on any atom is 0.132 e. The number of aromatic nitrogens is 2. The topological polar surface area (TPSA) is 37.8 Å². The van der Waals surface area contributed by atoms with Gasteiger partial charge < -0.3 is 5.32 Å². The minimum atomic E-state index is 0.436. The van der Waals surface area contributed by atoms with Gasteiger partial charge in [0.2, 0.25) is 0 Å². The Kier molecular flexibility index (Phi) is 4.30. The molecular formula is C18H23N3. The Bertz CT molecular complexity index is 622. The van der Waals surface area contributed by atoms with E-state index in [1.54, 1.807) is 0 Å². The van der Waals surface area contributed by atoms with Gasteiger partial charge in [0, 0.05) is 29.9 Å². The lowest BCUT2D eigenvalue weighted by Gasteiger charge is -2.25. The van der Waals surface area contributed by atoms with Gasteiger partial charge in [-0.25, -0.2) is 9.97 Å². The highest BCUT2D eigenvalue weighted by molar-refractivity contribution is 5.30. The predicted octanol–water partition coefficient (Wildman–Crippen LogP) is 3.36. The summed E-state index contributed by atoms with van der Waals surface area (Å²) in [6.07, 6.45) is 6.36. The molecule has 21 heavy (non-hydrogen) atoms. The van der Waals surface area contributed by atoms with Crippen LogP contribution >= 0.6 is 0 Å². The van der Waals surface area contributed by atoms with Crippen LogP contribution in [0.25, 0.3) is 0 Å². The fraction of sp³-hybridized carbons (Fsp3) is 0.444. The first-order chi connectivity index (χ1) is 10.3. The summed E-state index contributed by atoms with van der Waals surface area (Å²) in [4.78, 5) is 9.44. The molecule has 1 aliphatic rings. The average molecular weight is 281 g/mol. The van der Waals surface area contributed by atoms with E-state index in [0.717, 1.165) is 25.2 Å². The van der Waals surface area contributed by atoms with Crippen molar-refractivity contribution in [1.82, 2.24) is 15.3 Å². The standard InChI is InChI=1S/C18H23N3/c1-3-19-16-9-6-10-17-15(16)12-20-18(21-17)11-14-8-5-4-7-13(14)2/h4-5,7-8,12,16,19H,3,6,9-11H2,1-2H3. The smallest absolute Gasteiger partial charge is 0.132 e. The first-order valence-corrected chi connectivity index (χ1v) is 7.90. The van der Waals surface area contributed by atoms with Crippen molar-refractivity contribution in [3.8, 4) is 0 Å². The molecule has 1 unspecified atom stereocenters. The molecule has 0 spiro atoms. The van der Waals surface area contributed by atoms with Crippen molar-refractivity contribution in [3.05, 3.63) is 58.7 Å². The molecule has 1 atom stereocenters. The van der Waals surface area contributed by atoms with Crippen LogP contribution in [-0.4, -0.2) is 16.5 Å². The highest BCUT2D eigenvalue weighted by atomic mass is 14.9. The van der Waals surface area contributed by atoms with Crippen LogP contribution in [0.5, 0.6) is 0 Å². The van der Waals surface area contributed by atoms with Gasteiger partial charge in [-0.1, -0.05) is 31.2 Å². The Morgan fingerprint density at radius 3 is 2.95 bits per heavy atom. The lowest BCUT2D eigenvalue weighted by atomic mass is 9.92. The Hall–Kier alpha value is -1.74. The van der Waals surface area contributed by atoms with Gasteiger partial charge in [0.25, 0.3) is 0 Å². The minimum absolute atomic E-state index is 0.436. The summed E-state index contributed by atoms with van der Waals surface area (Å²) >= 11 is 0. The van der Waals surface area contributed by atoms with Gasteiger partial charge in [0.15, 0.2) is 0 Å². The van der Waals surface area contributed by atoms with Crippen LogP contribution in [0.1, 0.15) is 54.0 Å². The summed E-state index contributed by atoms with van der Waals surface area (Å²) in [5, 5.41) is 3.54. The summed E-state index contributed by atoms with van der Waals surface area (Å²) in [6, 6.07) is 8.91. The molecule has 0 saturated carbocycles. The third kappa shape index (κ3) is 3.13. The Labute approximate surface area is 126 Å². The second-order valence-electron chi connectivity index (χ2n) is 5.79. The van der Waals surface area contributed by atoms with Gasteiger partial charge in [-0.05, 0) is 43.9 Å². The highest BCUT2D eigenvalue weighted by Crippen LogP contribution is 2.28. The van der Waals surface area contributed by atoms with E-state index in [2.05, 4.69) is 48.4 Å². The number of rotatable bonds is 4. The summed E-state index contributed by atoms with van der Waals surface area (Å²) in [6.45, 7) is 5.30. The zero-order chi connectivity index (χ0) is 14.7. The normalized spacial score (nSPS) is 17.5. The van der Waals surface area contributed by atoms with Gasteiger partial charge >= 0.3 is 0 Å². The molecular weight excluding hydrogens is 258 g/mol. The van der Waals surface area contributed by atoms with E-state index in [0.29, 0.717) is 6.04 Å². The Balaban J connectivity index is 1.84. The zero-order valence-electron chi connectivity index (χ0n) is 12.9. The Morgan fingerprint density at radius 2 is 2.14 bits per heavy atom. The number of fused-ring (bicyclic) bond motifs is 1. The SMILES string of the molecule is CCNC1CCCc2nc(Cc3ccccc3C)ncc21. The third-order valence-electron chi connectivity index (χ3n) is 4.29. The molecule has 1 heterocycles. The summed E-state index contributed by atoms with van der Waals surface area (Å²) in [5.41, 5.74) is 5.17. The summed E-state index contributed by atoms with van der Waals surface area (Å²) in [7, 11) is 0.